The summed E-state index contributed by atoms with van der Waals surface area (Å²) >= 11 is 0. The Kier molecular flexibility index (Phi) is 10.1. The number of benzene rings is 3. The summed E-state index contributed by atoms with van der Waals surface area (Å²) in [6.45, 7) is 7.89. The Hall–Kier alpha value is -3.65. The first-order chi connectivity index (χ1) is 18.1. The van der Waals surface area contributed by atoms with Crippen LogP contribution in [0, 0.1) is 12.8 Å². The molecule has 2 amide bonds. The van der Waals surface area contributed by atoms with Gasteiger partial charge in [0.1, 0.15) is 12.6 Å². The number of nitrogens with one attached hydrogen (secondary N) is 1. The first kappa shape index (κ1) is 28.9. The molecule has 8 heteroatoms. The Labute approximate surface area is 226 Å². The Bertz CT molecular complexity index is 1310. The van der Waals surface area contributed by atoms with Crippen LogP contribution >= 0.6 is 0 Å². The molecule has 0 saturated carbocycles. The molecule has 0 radical (unpaired) electrons. The van der Waals surface area contributed by atoms with Gasteiger partial charge in [-0.1, -0.05) is 87.5 Å². The van der Waals surface area contributed by atoms with E-state index in [0.29, 0.717) is 18.7 Å². The van der Waals surface area contributed by atoms with Gasteiger partial charge in [0, 0.05) is 13.1 Å². The zero-order valence-electron chi connectivity index (χ0n) is 22.5. The molecule has 0 fully saturated rings. The molecule has 1 N–H and O–H groups in total. The number of amides is 2. The SMILES string of the molecule is CCC(C(=O)NCC(C)C)N(Cc1ccccc1)C(=O)CN(c1ccccc1C)S(=O)(=O)c1ccccc1. The van der Waals surface area contributed by atoms with Crippen molar-refractivity contribution < 1.29 is 18.0 Å². The molecule has 202 valence electrons. The van der Waals surface area contributed by atoms with Crippen LogP contribution in [0.5, 0.6) is 0 Å². The van der Waals surface area contributed by atoms with Crippen molar-refractivity contribution in [2.24, 2.45) is 5.92 Å². The van der Waals surface area contributed by atoms with Gasteiger partial charge < -0.3 is 10.2 Å². The molecule has 3 aromatic rings. The van der Waals surface area contributed by atoms with Crippen LogP contribution in [0.2, 0.25) is 0 Å². The smallest absolute Gasteiger partial charge is 0.264 e. The van der Waals surface area contributed by atoms with E-state index in [-0.39, 0.29) is 23.3 Å². The molecular formula is C30H37N3O4S. The Morgan fingerprint density at radius 2 is 1.45 bits per heavy atom. The summed E-state index contributed by atoms with van der Waals surface area (Å²) in [4.78, 5) is 28.8. The van der Waals surface area contributed by atoms with Crippen molar-refractivity contribution in [3.8, 4) is 0 Å². The highest BCUT2D eigenvalue weighted by atomic mass is 32.2. The highest BCUT2D eigenvalue weighted by molar-refractivity contribution is 7.92. The first-order valence-corrected chi connectivity index (χ1v) is 14.3. The third kappa shape index (κ3) is 7.22. The van der Waals surface area contributed by atoms with Gasteiger partial charge in [0.2, 0.25) is 11.8 Å². The lowest BCUT2D eigenvalue weighted by atomic mass is 10.1. The largest absolute Gasteiger partial charge is 0.354 e. The maximum absolute atomic E-state index is 14.0. The van der Waals surface area contributed by atoms with Gasteiger partial charge >= 0.3 is 0 Å². The third-order valence-electron chi connectivity index (χ3n) is 6.26. The lowest BCUT2D eigenvalue weighted by Crippen LogP contribution is -2.52. The average Bonchev–Trinajstić information content (AvgIpc) is 2.91. The Morgan fingerprint density at radius 3 is 2.03 bits per heavy atom. The quantitative estimate of drug-likeness (QED) is 0.362. The van der Waals surface area contributed by atoms with E-state index >= 15 is 0 Å². The molecule has 0 saturated heterocycles. The van der Waals surface area contributed by atoms with Gasteiger partial charge in [0.25, 0.3) is 10.0 Å². The van der Waals surface area contributed by atoms with Crippen molar-refractivity contribution in [3.05, 3.63) is 96.1 Å². The van der Waals surface area contributed by atoms with Crippen LogP contribution in [-0.2, 0) is 26.2 Å². The lowest BCUT2D eigenvalue weighted by molar-refractivity contribution is -0.140. The maximum Gasteiger partial charge on any atom is 0.264 e. The van der Waals surface area contributed by atoms with Gasteiger partial charge in [-0.25, -0.2) is 8.42 Å². The predicted molar refractivity (Wildman–Crippen MR) is 151 cm³/mol. The van der Waals surface area contributed by atoms with Gasteiger partial charge in [-0.05, 0) is 48.6 Å². The van der Waals surface area contributed by atoms with E-state index in [4.69, 9.17) is 0 Å². The number of rotatable bonds is 12. The fourth-order valence-electron chi connectivity index (χ4n) is 4.20. The number of hydrogen-bond acceptors (Lipinski definition) is 4. The number of nitrogens with zero attached hydrogens (tertiary/aromatic N) is 2. The normalized spacial score (nSPS) is 12.1. The molecule has 0 aromatic heterocycles. The van der Waals surface area contributed by atoms with E-state index in [9.17, 15) is 18.0 Å². The second kappa shape index (κ2) is 13.2. The topological polar surface area (TPSA) is 86.8 Å². The molecule has 0 spiro atoms. The zero-order valence-corrected chi connectivity index (χ0v) is 23.3. The van der Waals surface area contributed by atoms with Gasteiger partial charge in [-0.2, -0.15) is 0 Å². The van der Waals surface area contributed by atoms with Crippen molar-refractivity contribution in [2.45, 2.75) is 51.6 Å². The molecule has 0 aliphatic heterocycles. The van der Waals surface area contributed by atoms with E-state index in [1.54, 1.807) is 30.3 Å². The molecule has 0 heterocycles. The van der Waals surface area contributed by atoms with E-state index in [0.717, 1.165) is 15.4 Å². The van der Waals surface area contributed by atoms with E-state index in [1.807, 2.05) is 70.2 Å². The monoisotopic (exact) mass is 535 g/mol. The summed E-state index contributed by atoms with van der Waals surface area (Å²) in [5, 5.41) is 2.94. The fourth-order valence-corrected chi connectivity index (χ4v) is 5.70. The summed E-state index contributed by atoms with van der Waals surface area (Å²) in [6, 6.07) is 23.8. The molecule has 0 aliphatic rings. The van der Waals surface area contributed by atoms with Crippen LogP contribution in [0.15, 0.2) is 89.8 Å². The minimum absolute atomic E-state index is 0.0902. The maximum atomic E-state index is 14.0. The van der Waals surface area contributed by atoms with Crippen molar-refractivity contribution in [1.82, 2.24) is 10.2 Å². The summed E-state index contributed by atoms with van der Waals surface area (Å²) in [7, 11) is -4.07. The minimum atomic E-state index is -4.07. The highest BCUT2D eigenvalue weighted by Crippen LogP contribution is 2.27. The molecule has 0 aliphatic carbocycles. The predicted octanol–water partition coefficient (Wildman–Crippen LogP) is 4.77. The molecule has 3 rings (SSSR count). The Balaban J connectivity index is 2.03. The summed E-state index contributed by atoms with van der Waals surface area (Å²) in [6.07, 6.45) is 0.387. The Morgan fingerprint density at radius 1 is 0.868 bits per heavy atom. The number of hydrogen-bond donors (Lipinski definition) is 1. The minimum Gasteiger partial charge on any atom is -0.354 e. The second-order valence-corrected chi connectivity index (χ2v) is 11.5. The molecular weight excluding hydrogens is 498 g/mol. The zero-order chi connectivity index (χ0) is 27.7. The van der Waals surface area contributed by atoms with Gasteiger partial charge in [0.05, 0.1) is 10.6 Å². The summed E-state index contributed by atoms with van der Waals surface area (Å²) in [5.41, 5.74) is 1.99. The van der Waals surface area contributed by atoms with Crippen molar-refractivity contribution in [3.63, 3.8) is 0 Å². The number of sulfonamides is 1. The van der Waals surface area contributed by atoms with E-state index in [2.05, 4.69) is 5.32 Å². The van der Waals surface area contributed by atoms with Crippen LogP contribution in [0.1, 0.15) is 38.3 Å². The van der Waals surface area contributed by atoms with Gasteiger partial charge in [-0.3, -0.25) is 13.9 Å². The molecule has 3 aromatic carbocycles. The van der Waals surface area contributed by atoms with Crippen molar-refractivity contribution >= 4 is 27.5 Å². The number of aryl methyl sites for hydroxylation is 1. The number of para-hydroxylation sites is 1. The van der Waals surface area contributed by atoms with Crippen LogP contribution < -0.4 is 9.62 Å². The summed E-state index contributed by atoms with van der Waals surface area (Å²) in [5.74, 6) is -0.454. The first-order valence-electron chi connectivity index (χ1n) is 12.9. The molecule has 1 unspecified atom stereocenters. The molecule has 38 heavy (non-hydrogen) atoms. The van der Waals surface area contributed by atoms with Crippen LogP contribution in [0.4, 0.5) is 5.69 Å². The number of anilines is 1. The van der Waals surface area contributed by atoms with Crippen LogP contribution in [0.25, 0.3) is 0 Å². The van der Waals surface area contributed by atoms with Gasteiger partial charge in [0.15, 0.2) is 0 Å². The molecule has 1 atom stereocenters. The third-order valence-corrected chi connectivity index (χ3v) is 8.03. The molecule has 7 nitrogen and oxygen atoms in total. The fraction of sp³-hybridized carbons (Fsp3) is 0.333. The highest BCUT2D eigenvalue weighted by Gasteiger charge is 2.34. The number of carbonyl (C=O) groups excluding carboxylic acids is 2. The van der Waals surface area contributed by atoms with E-state index < -0.39 is 28.5 Å². The second-order valence-electron chi connectivity index (χ2n) is 9.68. The van der Waals surface area contributed by atoms with Crippen LogP contribution in [-0.4, -0.2) is 44.3 Å². The number of carbonyl (C=O) groups is 2. The van der Waals surface area contributed by atoms with Crippen LogP contribution in [0.3, 0.4) is 0 Å². The average molecular weight is 536 g/mol. The standard InChI is InChI=1S/C30H37N3O4S/c1-5-27(30(35)31-20-23(2)3)32(21-25-15-8-6-9-16-25)29(34)22-33(28-19-13-12-14-24(28)4)38(36,37)26-17-10-7-11-18-26/h6-19,23,27H,5,20-22H2,1-4H3,(H,31,35). The van der Waals surface area contributed by atoms with Gasteiger partial charge in [-0.15, -0.1) is 0 Å². The van der Waals surface area contributed by atoms with E-state index in [1.165, 1.54) is 17.0 Å². The van der Waals surface area contributed by atoms with Crippen molar-refractivity contribution in [2.75, 3.05) is 17.4 Å². The van der Waals surface area contributed by atoms with Crippen molar-refractivity contribution in [1.29, 1.82) is 0 Å². The molecule has 0 bridgehead atoms. The lowest BCUT2D eigenvalue weighted by Gasteiger charge is -2.33. The summed E-state index contributed by atoms with van der Waals surface area (Å²) < 4.78 is 28.8.